The lowest BCUT2D eigenvalue weighted by molar-refractivity contribution is -0.173. The van der Waals surface area contributed by atoms with Crippen molar-refractivity contribution >= 4 is 11.7 Å². The van der Waals surface area contributed by atoms with Gasteiger partial charge in [-0.05, 0) is 45.6 Å². The maximum absolute atomic E-state index is 13.7. The Bertz CT molecular complexity index is 920. The highest BCUT2D eigenvalue weighted by molar-refractivity contribution is 5.80. The molecule has 2 aromatic rings. The number of nitrogens with zero attached hydrogens (tertiary/aromatic N) is 5. The van der Waals surface area contributed by atoms with E-state index >= 15 is 0 Å². The average Bonchev–Trinajstić information content (AvgIpc) is 3.43. The second-order valence-electron chi connectivity index (χ2n) is 8.22. The lowest BCUT2D eigenvalue weighted by atomic mass is 10.0. The van der Waals surface area contributed by atoms with Crippen LogP contribution in [0.1, 0.15) is 69.0 Å². The summed E-state index contributed by atoms with van der Waals surface area (Å²) in [5, 5.41) is 11.7. The van der Waals surface area contributed by atoms with Gasteiger partial charge in [0, 0.05) is 30.5 Å². The summed E-state index contributed by atoms with van der Waals surface area (Å²) in [6.07, 6.45) is -0.696. The van der Waals surface area contributed by atoms with E-state index in [1.807, 2.05) is 19.9 Å². The highest BCUT2D eigenvalue weighted by Gasteiger charge is 2.46. The number of amides is 1. The topological polar surface area (TPSA) is 68.0 Å². The summed E-state index contributed by atoms with van der Waals surface area (Å²) in [6, 6.07) is 0.803. The van der Waals surface area contributed by atoms with E-state index in [9.17, 15) is 18.0 Å². The number of fused-ring (bicyclic) bond motifs is 1. The lowest BCUT2D eigenvalue weighted by Crippen LogP contribution is -2.39. The van der Waals surface area contributed by atoms with Crippen LogP contribution in [0.4, 0.5) is 19.0 Å². The maximum atomic E-state index is 13.7. The van der Waals surface area contributed by atoms with E-state index in [0.717, 1.165) is 16.8 Å². The fourth-order valence-electron chi connectivity index (χ4n) is 4.57. The quantitative estimate of drug-likeness (QED) is 0.805. The third-order valence-electron chi connectivity index (χ3n) is 6.25. The minimum atomic E-state index is -4.37. The first-order chi connectivity index (χ1) is 14.2. The van der Waals surface area contributed by atoms with Gasteiger partial charge < -0.3 is 10.2 Å². The van der Waals surface area contributed by atoms with Gasteiger partial charge in [0.25, 0.3) is 0 Å². The van der Waals surface area contributed by atoms with E-state index in [2.05, 4.69) is 15.5 Å². The fraction of sp³-hybridized carbons (Fsp3) is 0.650. The Labute approximate surface area is 173 Å². The van der Waals surface area contributed by atoms with Crippen LogP contribution < -0.4 is 5.32 Å². The van der Waals surface area contributed by atoms with Gasteiger partial charge in [0.1, 0.15) is 11.9 Å². The molecular weight excluding hydrogens is 397 g/mol. The molecule has 0 aliphatic carbocycles. The highest BCUT2D eigenvalue weighted by Crippen LogP contribution is 2.42. The van der Waals surface area contributed by atoms with Crippen molar-refractivity contribution in [1.82, 2.24) is 24.5 Å². The predicted octanol–water partition coefficient (Wildman–Crippen LogP) is 4.01. The minimum Gasteiger partial charge on any atom is -0.367 e. The maximum Gasteiger partial charge on any atom is 0.410 e. The van der Waals surface area contributed by atoms with Crippen LogP contribution in [0.25, 0.3) is 0 Å². The number of nitrogens with one attached hydrogen (secondary N) is 1. The van der Waals surface area contributed by atoms with E-state index in [0.29, 0.717) is 30.9 Å². The zero-order chi connectivity index (χ0) is 21.6. The van der Waals surface area contributed by atoms with Crippen LogP contribution in [0.2, 0.25) is 0 Å². The molecule has 7 nitrogen and oxygen atoms in total. The normalized spacial score (nSPS) is 25.1. The summed E-state index contributed by atoms with van der Waals surface area (Å²) in [5.74, 6) is 0.280. The van der Waals surface area contributed by atoms with Gasteiger partial charge in [0.2, 0.25) is 5.91 Å². The van der Waals surface area contributed by atoms with Crippen molar-refractivity contribution in [2.24, 2.45) is 0 Å². The van der Waals surface area contributed by atoms with Crippen molar-refractivity contribution in [2.75, 3.05) is 11.9 Å². The number of aryl methyl sites for hydroxylation is 1. The van der Waals surface area contributed by atoms with Crippen LogP contribution in [0.5, 0.6) is 0 Å². The van der Waals surface area contributed by atoms with E-state index in [1.54, 1.807) is 28.8 Å². The molecule has 164 valence electrons. The van der Waals surface area contributed by atoms with Gasteiger partial charge in [0.15, 0.2) is 6.04 Å². The molecular formula is C20H27F3N6O. The molecule has 1 N–H and O–H groups in total. The molecule has 0 unspecified atom stereocenters. The molecule has 0 radical (unpaired) electrons. The second-order valence-corrected chi connectivity index (χ2v) is 8.22. The Morgan fingerprint density at radius 2 is 2.17 bits per heavy atom. The van der Waals surface area contributed by atoms with Gasteiger partial charge in [-0.1, -0.05) is 6.92 Å². The van der Waals surface area contributed by atoms with Crippen molar-refractivity contribution in [3.8, 4) is 0 Å². The van der Waals surface area contributed by atoms with Gasteiger partial charge >= 0.3 is 6.18 Å². The van der Waals surface area contributed by atoms with Crippen molar-refractivity contribution in [2.45, 2.75) is 76.8 Å². The first-order valence-electron chi connectivity index (χ1n) is 10.4. The third kappa shape index (κ3) is 3.56. The predicted molar refractivity (Wildman–Crippen MR) is 105 cm³/mol. The number of carbonyl (C=O) groups is 1. The molecule has 1 saturated heterocycles. The fourth-order valence-corrected chi connectivity index (χ4v) is 4.57. The number of carbonyl (C=O) groups excluding carboxylic acids is 1. The summed E-state index contributed by atoms with van der Waals surface area (Å²) in [6.45, 7) is 6.11. The van der Waals surface area contributed by atoms with Crippen LogP contribution in [-0.2, 0) is 4.79 Å². The number of anilines is 1. The Morgan fingerprint density at radius 3 is 2.80 bits per heavy atom. The summed E-state index contributed by atoms with van der Waals surface area (Å²) in [4.78, 5) is 14.9. The van der Waals surface area contributed by atoms with Crippen LogP contribution in [0.3, 0.4) is 0 Å². The largest absolute Gasteiger partial charge is 0.410 e. The van der Waals surface area contributed by atoms with Crippen LogP contribution in [0, 0.1) is 6.92 Å². The molecule has 4 heterocycles. The van der Waals surface area contributed by atoms with Crippen molar-refractivity contribution in [1.29, 1.82) is 0 Å². The minimum absolute atomic E-state index is 0.0446. The Kier molecular flexibility index (Phi) is 5.27. The summed E-state index contributed by atoms with van der Waals surface area (Å²) in [5.41, 5.74) is 1.39. The number of hydrogen-bond donors (Lipinski definition) is 1. The van der Waals surface area contributed by atoms with Crippen LogP contribution >= 0.6 is 0 Å². The Morgan fingerprint density at radius 1 is 1.40 bits per heavy atom. The number of alkyl halides is 3. The van der Waals surface area contributed by atoms with Crippen LogP contribution in [0.15, 0.2) is 18.3 Å². The van der Waals surface area contributed by atoms with Crippen LogP contribution in [-0.4, -0.2) is 49.1 Å². The molecule has 1 amide bonds. The number of aromatic nitrogens is 4. The number of halogens is 3. The number of rotatable bonds is 4. The molecule has 0 aromatic carbocycles. The van der Waals surface area contributed by atoms with Gasteiger partial charge in [0.05, 0.1) is 11.7 Å². The molecule has 4 atom stereocenters. The van der Waals surface area contributed by atoms with E-state index in [-0.39, 0.29) is 24.4 Å². The first kappa shape index (κ1) is 20.7. The molecule has 30 heavy (non-hydrogen) atoms. The summed E-state index contributed by atoms with van der Waals surface area (Å²) >= 11 is 0. The molecule has 0 bridgehead atoms. The van der Waals surface area contributed by atoms with Gasteiger partial charge in [-0.15, -0.1) is 0 Å². The third-order valence-corrected chi connectivity index (χ3v) is 6.25. The average molecular weight is 424 g/mol. The number of hydrogen-bond acceptors (Lipinski definition) is 4. The number of likely N-dealkylation sites (tertiary alicyclic amines) is 1. The standard InChI is InChI=1S/C20H27F3N6O/c1-4-14-10-17(20(21,22)23)29-18(25-14)11-15(26-29)16-6-5-9-27(16)19(30)13(3)28-12(2)7-8-24-28/h7-8,11,13-14,16-17,25H,4-6,9-10H2,1-3H3/t13-,14-,16-,17-/m1/s1. The summed E-state index contributed by atoms with van der Waals surface area (Å²) in [7, 11) is 0. The van der Waals surface area contributed by atoms with Gasteiger partial charge in [-0.2, -0.15) is 23.4 Å². The molecule has 2 aliphatic heterocycles. The van der Waals surface area contributed by atoms with E-state index in [1.165, 1.54) is 0 Å². The van der Waals surface area contributed by atoms with Gasteiger partial charge in [-0.3, -0.25) is 9.48 Å². The van der Waals surface area contributed by atoms with E-state index < -0.39 is 18.3 Å². The van der Waals surface area contributed by atoms with E-state index in [4.69, 9.17) is 0 Å². The molecule has 10 heteroatoms. The first-order valence-corrected chi connectivity index (χ1v) is 10.4. The lowest BCUT2D eigenvalue weighted by Gasteiger charge is -2.32. The zero-order valence-electron chi connectivity index (χ0n) is 17.4. The Balaban J connectivity index is 1.62. The molecule has 0 spiro atoms. The van der Waals surface area contributed by atoms with Crippen molar-refractivity contribution in [3.63, 3.8) is 0 Å². The second kappa shape index (κ2) is 7.63. The molecule has 4 rings (SSSR count). The monoisotopic (exact) mass is 424 g/mol. The molecule has 2 aliphatic rings. The van der Waals surface area contributed by atoms with Gasteiger partial charge in [-0.25, -0.2) is 4.68 Å². The smallest absolute Gasteiger partial charge is 0.367 e. The highest BCUT2D eigenvalue weighted by atomic mass is 19.4. The van der Waals surface area contributed by atoms with Crippen molar-refractivity contribution in [3.05, 3.63) is 29.7 Å². The van der Waals surface area contributed by atoms with Crippen molar-refractivity contribution < 1.29 is 18.0 Å². The molecule has 0 saturated carbocycles. The molecule has 1 fully saturated rings. The Hall–Kier alpha value is -2.52. The summed E-state index contributed by atoms with van der Waals surface area (Å²) < 4.78 is 43.7. The molecule has 2 aromatic heterocycles. The zero-order valence-corrected chi connectivity index (χ0v) is 17.4. The SMILES string of the molecule is CC[C@@H]1C[C@H](C(F)(F)F)n2nc([C@H]3CCCN3C(=O)[C@@H](C)n3nccc3C)cc2N1.